The summed E-state index contributed by atoms with van der Waals surface area (Å²) in [5, 5.41) is 15.7. The van der Waals surface area contributed by atoms with Crippen molar-refractivity contribution < 1.29 is 24.0 Å². The fourth-order valence-corrected chi connectivity index (χ4v) is 2.55. The van der Waals surface area contributed by atoms with Gasteiger partial charge in [-0.1, -0.05) is 13.8 Å². The second-order valence-corrected chi connectivity index (χ2v) is 8.80. The predicted molar refractivity (Wildman–Crippen MR) is 117 cm³/mol. The number of hydrogen-bond donors (Lipinski definition) is 6. The van der Waals surface area contributed by atoms with Crippen molar-refractivity contribution >= 4 is 30.0 Å². The summed E-state index contributed by atoms with van der Waals surface area (Å²) in [6.07, 6.45) is 0.733. The van der Waals surface area contributed by atoms with Gasteiger partial charge in [0.15, 0.2) is 0 Å². The van der Waals surface area contributed by atoms with Crippen molar-refractivity contribution in [2.45, 2.75) is 65.1 Å². The number of carbonyl (C=O) groups is 5. The van der Waals surface area contributed by atoms with Crippen molar-refractivity contribution in [1.82, 2.24) is 31.9 Å². The highest BCUT2D eigenvalue weighted by Gasteiger charge is 2.38. The maximum atomic E-state index is 12.8. The van der Waals surface area contributed by atoms with E-state index in [9.17, 15) is 24.0 Å². The van der Waals surface area contributed by atoms with E-state index in [-0.39, 0.29) is 18.4 Å². The SMILES string of the molecule is CNCCNC(=O)C(C)(C)NC(=O)C(C)(C)NC(=O)[C@H](CC(C)C)NC(=O)CNC=O. The van der Waals surface area contributed by atoms with Gasteiger partial charge in [0.1, 0.15) is 17.1 Å². The Morgan fingerprint density at radius 1 is 0.903 bits per heavy atom. The molecule has 0 aromatic carbocycles. The van der Waals surface area contributed by atoms with E-state index in [1.54, 1.807) is 20.9 Å². The van der Waals surface area contributed by atoms with E-state index in [0.29, 0.717) is 25.9 Å². The van der Waals surface area contributed by atoms with Crippen molar-refractivity contribution in [3.8, 4) is 0 Å². The molecule has 6 N–H and O–H groups in total. The third-order valence-electron chi connectivity index (χ3n) is 4.36. The van der Waals surface area contributed by atoms with Crippen LogP contribution in [0.3, 0.4) is 0 Å². The Balaban J connectivity index is 5.14. The van der Waals surface area contributed by atoms with Crippen LogP contribution in [0.4, 0.5) is 0 Å². The van der Waals surface area contributed by atoms with Gasteiger partial charge in [-0.25, -0.2) is 0 Å². The summed E-state index contributed by atoms with van der Waals surface area (Å²) >= 11 is 0. The van der Waals surface area contributed by atoms with Crippen LogP contribution in [-0.2, 0) is 24.0 Å². The van der Waals surface area contributed by atoms with Crippen LogP contribution in [0.5, 0.6) is 0 Å². The van der Waals surface area contributed by atoms with Gasteiger partial charge in [-0.15, -0.1) is 0 Å². The molecule has 31 heavy (non-hydrogen) atoms. The topological polar surface area (TPSA) is 158 Å². The summed E-state index contributed by atoms with van der Waals surface area (Å²) in [5.41, 5.74) is -2.54. The number of rotatable bonds is 14. The molecule has 0 aliphatic rings. The average molecular weight is 443 g/mol. The molecule has 5 amide bonds. The Morgan fingerprint density at radius 2 is 1.48 bits per heavy atom. The highest BCUT2D eigenvalue weighted by Crippen LogP contribution is 2.11. The molecule has 0 bridgehead atoms. The Kier molecular flexibility index (Phi) is 11.8. The quantitative estimate of drug-likeness (QED) is 0.140. The van der Waals surface area contributed by atoms with Crippen molar-refractivity contribution in [2.75, 3.05) is 26.7 Å². The standard InChI is InChI=1S/C20H38N6O5/c1-13(2)10-14(24-15(28)11-22-12-27)16(29)25-20(5,6)18(31)26-19(3,4)17(30)23-9-8-21-7/h12-14,21H,8-11H2,1-7H3,(H,22,27)(H,23,30)(H,24,28)(H,25,29)(H,26,31)/t14-/m0/s1. The van der Waals surface area contributed by atoms with Crippen molar-refractivity contribution in [3.63, 3.8) is 0 Å². The van der Waals surface area contributed by atoms with Crippen LogP contribution >= 0.6 is 0 Å². The minimum absolute atomic E-state index is 0.0901. The lowest BCUT2D eigenvalue weighted by atomic mass is 9.97. The molecule has 0 spiro atoms. The first-order valence-electron chi connectivity index (χ1n) is 10.3. The molecule has 11 heteroatoms. The Morgan fingerprint density at radius 3 is 2.00 bits per heavy atom. The molecule has 0 saturated heterocycles. The molecule has 0 aromatic heterocycles. The predicted octanol–water partition coefficient (Wildman–Crippen LogP) is -1.61. The third kappa shape index (κ3) is 10.8. The lowest BCUT2D eigenvalue weighted by Gasteiger charge is -2.33. The summed E-state index contributed by atoms with van der Waals surface area (Å²) in [6, 6.07) is -0.883. The summed E-state index contributed by atoms with van der Waals surface area (Å²) in [4.78, 5) is 60.2. The fourth-order valence-electron chi connectivity index (χ4n) is 2.55. The molecular weight excluding hydrogens is 404 g/mol. The number of amides is 5. The average Bonchev–Trinajstić information content (AvgIpc) is 2.64. The van der Waals surface area contributed by atoms with E-state index in [1.165, 1.54) is 13.8 Å². The van der Waals surface area contributed by atoms with Crippen LogP contribution in [0.15, 0.2) is 0 Å². The van der Waals surface area contributed by atoms with Gasteiger partial charge in [-0.05, 0) is 47.1 Å². The summed E-state index contributed by atoms with van der Waals surface area (Å²) in [6.45, 7) is 10.7. The van der Waals surface area contributed by atoms with E-state index in [4.69, 9.17) is 0 Å². The molecule has 11 nitrogen and oxygen atoms in total. The lowest BCUT2D eigenvalue weighted by Crippen LogP contribution is -2.64. The van der Waals surface area contributed by atoms with Crippen LogP contribution in [-0.4, -0.2) is 73.8 Å². The second kappa shape index (κ2) is 12.9. The van der Waals surface area contributed by atoms with Gasteiger partial charge in [0.2, 0.25) is 30.0 Å². The van der Waals surface area contributed by atoms with Crippen LogP contribution in [0.2, 0.25) is 0 Å². The minimum Gasteiger partial charge on any atom is -0.353 e. The van der Waals surface area contributed by atoms with Crippen LogP contribution in [0.1, 0.15) is 48.0 Å². The molecule has 0 radical (unpaired) electrons. The zero-order valence-electron chi connectivity index (χ0n) is 19.6. The lowest BCUT2D eigenvalue weighted by molar-refractivity contribution is -0.138. The highest BCUT2D eigenvalue weighted by molar-refractivity contribution is 5.97. The van der Waals surface area contributed by atoms with Gasteiger partial charge in [-0.2, -0.15) is 0 Å². The van der Waals surface area contributed by atoms with E-state index < -0.39 is 34.8 Å². The van der Waals surface area contributed by atoms with Crippen LogP contribution in [0, 0.1) is 5.92 Å². The molecule has 0 fully saturated rings. The normalized spacial score (nSPS) is 12.5. The van der Waals surface area contributed by atoms with E-state index in [2.05, 4.69) is 31.9 Å². The molecule has 178 valence electrons. The zero-order valence-corrected chi connectivity index (χ0v) is 19.6. The van der Waals surface area contributed by atoms with Gasteiger partial charge in [0, 0.05) is 13.1 Å². The maximum absolute atomic E-state index is 12.8. The first-order valence-corrected chi connectivity index (χ1v) is 10.3. The molecule has 0 unspecified atom stereocenters. The number of hydrogen-bond acceptors (Lipinski definition) is 6. The van der Waals surface area contributed by atoms with Gasteiger partial charge in [-0.3, -0.25) is 24.0 Å². The third-order valence-corrected chi connectivity index (χ3v) is 4.36. The zero-order chi connectivity index (χ0) is 24.2. The van der Waals surface area contributed by atoms with Gasteiger partial charge in [0.25, 0.3) is 0 Å². The molecule has 0 aliphatic carbocycles. The first-order chi connectivity index (χ1) is 14.3. The maximum Gasteiger partial charge on any atom is 0.246 e. The molecule has 0 aliphatic heterocycles. The van der Waals surface area contributed by atoms with Crippen molar-refractivity contribution in [2.24, 2.45) is 5.92 Å². The molecule has 0 heterocycles. The summed E-state index contributed by atoms with van der Waals surface area (Å²) in [5.74, 6) is -1.87. The van der Waals surface area contributed by atoms with Crippen molar-refractivity contribution in [3.05, 3.63) is 0 Å². The van der Waals surface area contributed by atoms with Gasteiger partial charge >= 0.3 is 0 Å². The molecule has 0 rings (SSSR count). The van der Waals surface area contributed by atoms with E-state index >= 15 is 0 Å². The Bertz CT molecular complexity index is 648. The number of likely N-dealkylation sites (N-methyl/N-ethyl adjacent to an activating group) is 1. The number of carbonyl (C=O) groups excluding carboxylic acids is 5. The Labute approximate surface area is 184 Å². The summed E-state index contributed by atoms with van der Waals surface area (Å²) < 4.78 is 0. The fraction of sp³-hybridized carbons (Fsp3) is 0.750. The van der Waals surface area contributed by atoms with E-state index in [1.807, 2.05) is 13.8 Å². The smallest absolute Gasteiger partial charge is 0.246 e. The summed E-state index contributed by atoms with van der Waals surface area (Å²) in [7, 11) is 1.76. The highest BCUT2D eigenvalue weighted by atomic mass is 16.2. The molecule has 1 atom stereocenters. The van der Waals surface area contributed by atoms with Crippen LogP contribution in [0.25, 0.3) is 0 Å². The molecule has 0 saturated carbocycles. The first kappa shape index (κ1) is 28.3. The van der Waals surface area contributed by atoms with Gasteiger partial charge < -0.3 is 31.9 Å². The van der Waals surface area contributed by atoms with Crippen LogP contribution < -0.4 is 31.9 Å². The molecule has 0 aromatic rings. The molecular formula is C20H38N6O5. The monoisotopic (exact) mass is 442 g/mol. The largest absolute Gasteiger partial charge is 0.353 e. The second-order valence-electron chi connectivity index (χ2n) is 8.80. The minimum atomic E-state index is -1.35. The van der Waals surface area contributed by atoms with Gasteiger partial charge in [0.05, 0.1) is 6.54 Å². The Hall–Kier alpha value is -2.69. The number of nitrogens with one attached hydrogen (secondary N) is 6. The van der Waals surface area contributed by atoms with Crippen molar-refractivity contribution in [1.29, 1.82) is 0 Å². The van der Waals surface area contributed by atoms with E-state index in [0.717, 1.165) is 0 Å².